The van der Waals surface area contributed by atoms with Crippen molar-refractivity contribution >= 4 is 5.91 Å². The van der Waals surface area contributed by atoms with Gasteiger partial charge in [0.1, 0.15) is 5.75 Å². The van der Waals surface area contributed by atoms with Crippen LogP contribution in [0.3, 0.4) is 0 Å². The van der Waals surface area contributed by atoms with Crippen LogP contribution in [0.5, 0.6) is 5.75 Å². The number of methoxy groups -OCH3 is 1. The highest BCUT2D eigenvalue weighted by Crippen LogP contribution is 2.32. The van der Waals surface area contributed by atoms with Crippen molar-refractivity contribution in [2.24, 2.45) is 11.3 Å². The summed E-state index contributed by atoms with van der Waals surface area (Å²) >= 11 is 0. The fourth-order valence-electron chi connectivity index (χ4n) is 4.34. The second-order valence-electron chi connectivity index (χ2n) is 9.77. The Morgan fingerprint density at radius 1 is 1.23 bits per heavy atom. The lowest BCUT2D eigenvalue weighted by Gasteiger charge is -2.38. The molecule has 1 aliphatic rings. The average Bonchev–Trinajstić information content (AvgIpc) is 2.75. The number of carbonyl (C=O) groups excluding carboxylic acids is 1. The van der Waals surface area contributed by atoms with E-state index in [9.17, 15) is 4.79 Å². The van der Waals surface area contributed by atoms with E-state index in [0.29, 0.717) is 5.92 Å². The smallest absolute Gasteiger partial charge is 0.225 e. The minimum absolute atomic E-state index is 0.0712. The molecule has 1 aromatic heterocycles. The lowest BCUT2D eigenvalue weighted by atomic mass is 9.86. The summed E-state index contributed by atoms with van der Waals surface area (Å²) in [4.78, 5) is 20.0. The van der Waals surface area contributed by atoms with Gasteiger partial charge in [0.2, 0.25) is 5.91 Å². The molecule has 1 N–H and O–H groups in total. The number of benzene rings is 1. The molecule has 2 aromatic rings. The van der Waals surface area contributed by atoms with E-state index in [1.54, 1.807) is 7.11 Å². The van der Waals surface area contributed by atoms with Gasteiger partial charge < -0.3 is 10.1 Å². The number of nitrogens with one attached hydrogen (secondary N) is 1. The van der Waals surface area contributed by atoms with Crippen LogP contribution in [-0.4, -0.2) is 36.0 Å². The summed E-state index contributed by atoms with van der Waals surface area (Å²) in [6, 6.07) is 10.1. The van der Waals surface area contributed by atoms with E-state index in [2.05, 4.69) is 41.2 Å². The van der Waals surface area contributed by atoms with Crippen molar-refractivity contribution < 1.29 is 9.53 Å². The number of hydrogen-bond acceptors (Lipinski definition) is 4. The fourth-order valence-corrected chi connectivity index (χ4v) is 4.34. The van der Waals surface area contributed by atoms with E-state index >= 15 is 0 Å². The highest BCUT2D eigenvalue weighted by atomic mass is 16.5. The monoisotopic (exact) mass is 423 g/mol. The molecule has 0 radical (unpaired) electrons. The summed E-state index contributed by atoms with van der Waals surface area (Å²) < 4.78 is 5.47. The lowest BCUT2D eigenvalue weighted by molar-refractivity contribution is -0.130. The van der Waals surface area contributed by atoms with Crippen LogP contribution in [0.25, 0.3) is 0 Å². The second kappa shape index (κ2) is 9.82. The van der Waals surface area contributed by atoms with Crippen LogP contribution in [0.4, 0.5) is 0 Å². The predicted molar refractivity (Wildman–Crippen MR) is 125 cm³/mol. The third-order valence-electron chi connectivity index (χ3n) is 6.45. The van der Waals surface area contributed by atoms with Crippen LogP contribution in [-0.2, 0) is 11.3 Å². The van der Waals surface area contributed by atoms with Crippen LogP contribution in [0.2, 0.25) is 0 Å². The predicted octanol–water partition coefficient (Wildman–Crippen LogP) is 4.82. The third-order valence-corrected chi connectivity index (χ3v) is 6.45. The molecule has 168 valence electrons. The molecular weight excluding hydrogens is 386 g/mol. The number of pyridine rings is 1. The molecule has 31 heavy (non-hydrogen) atoms. The van der Waals surface area contributed by atoms with Gasteiger partial charge in [-0.3, -0.25) is 14.7 Å². The van der Waals surface area contributed by atoms with Crippen LogP contribution in [0.15, 0.2) is 36.5 Å². The Kier molecular flexibility index (Phi) is 7.37. The van der Waals surface area contributed by atoms with Crippen LogP contribution >= 0.6 is 0 Å². The van der Waals surface area contributed by atoms with Crippen molar-refractivity contribution in [3.05, 3.63) is 58.9 Å². The maximum absolute atomic E-state index is 12.8. The van der Waals surface area contributed by atoms with Gasteiger partial charge in [0.05, 0.1) is 18.8 Å². The molecular formula is C26H37N3O2. The SMILES string of the molecule is COc1ccc(CN2CCC[C@H]([C@@H](NC(=O)C(C)(C)C)c3ccccn3)C2)c(C)c1C. The maximum Gasteiger partial charge on any atom is 0.225 e. The number of piperidine rings is 1. The molecule has 0 spiro atoms. The van der Waals surface area contributed by atoms with E-state index < -0.39 is 5.41 Å². The van der Waals surface area contributed by atoms with E-state index in [4.69, 9.17) is 4.74 Å². The van der Waals surface area contributed by atoms with Crippen LogP contribution < -0.4 is 10.1 Å². The molecule has 0 bridgehead atoms. The first kappa shape index (κ1) is 23.3. The first-order valence-corrected chi connectivity index (χ1v) is 11.3. The molecule has 1 aliphatic heterocycles. The van der Waals surface area contributed by atoms with Gasteiger partial charge in [-0.1, -0.05) is 32.9 Å². The van der Waals surface area contributed by atoms with Crippen molar-refractivity contribution in [2.45, 2.75) is 60.0 Å². The van der Waals surface area contributed by atoms with Gasteiger partial charge in [0.15, 0.2) is 0 Å². The Balaban J connectivity index is 1.79. The maximum atomic E-state index is 12.8. The molecule has 3 rings (SSSR count). The number of rotatable bonds is 6. The minimum Gasteiger partial charge on any atom is -0.496 e. The first-order valence-electron chi connectivity index (χ1n) is 11.3. The van der Waals surface area contributed by atoms with Gasteiger partial charge in [-0.25, -0.2) is 0 Å². The Bertz CT molecular complexity index is 890. The van der Waals surface area contributed by atoms with E-state index in [-0.39, 0.29) is 11.9 Å². The zero-order chi connectivity index (χ0) is 22.6. The zero-order valence-corrected chi connectivity index (χ0v) is 19.9. The topological polar surface area (TPSA) is 54.5 Å². The molecule has 5 nitrogen and oxygen atoms in total. The van der Waals surface area contributed by atoms with Crippen molar-refractivity contribution in [2.75, 3.05) is 20.2 Å². The number of amides is 1. The Morgan fingerprint density at radius 3 is 2.65 bits per heavy atom. The number of nitrogens with zero attached hydrogens (tertiary/aromatic N) is 2. The summed E-state index contributed by atoms with van der Waals surface area (Å²) in [5.41, 5.74) is 4.36. The summed E-state index contributed by atoms with van der Waals surface area (Å²) in [6.07, 6.45) is 4.02. The molecule has 2 atom stereocenters. The highest BCUT2D eigenvalue weighted by Gasteiger charge is 2.33. The number of hydrogen-bond donors (Lipinski definition) is 1. The molecule has 0 saturated carbocycles. The molecule has 1 aromatic carbocycles. The van der Waals surface area contributed by atoms with Gasteiger partial charge in [0, 0.05) is 24.7 Å². The number of likely N-dealkylation sites (tertiary alicyclic amines) is 1. The summed E-state index contributed by atoms with van der Waals surface area (Å²) in [5.74, 6) is 1.34. The molecule has 0 unspecified atom stereocenters. The van der Waals surface area contributed by atoms with Crippen molar-refractivity contribution in [1.29, 1.82) is 0 Å². The minimum atomic E-state index is -0.431. The highest BCUT2D eigenvalue weighted by molar-refractivity contribution is 5.81. The van der Waals surface area contributed by atoms with Crippen molar-refractivity contribution in [3.63, 3.8) is 0 Å². The standard InChI is InChI=1S/C26H37N3O2/c1-18-19(2)23(31-6)13-12-20(18)16-29-15-9-10-21(17-29)24(22-11-7-8-14-27-22)28-25(30)26(3,4)5/h7-8,11-14,21,24H,9-10,15-17H2,1-6H3,(H,28,30)/t21-,24+/m0/s1. The van der Waals surface area contributed by atoms with Crippen LogP contribution in [0, 0.1) is 25.2 Å². The van der Waals surface area contributed by atoms with E-state index in [0.717, 1.165) is 43.9 Å². The average molecular weight is 424 g/mol. The Morgan fingerprint density at radius 2 is 2.00 bits per heavy atom. The third kappa shape index (κ3) is 5.65. The zero-order valence-electron chi connectivity index (χ0n) is 19.9. The van der Waals surface area contributed by atoms with Gasteiger partial charge in [-0.2, -0.15) is 0 Å². The lowest BCUT2D eigenvalue weighted by Crippen LogP contribution is -2.45. The van der Waals surface area contributed by atoms with Gasteiger partial charge in [0.25, 0.3) is 0 Å². The normalized spacial score (nSPS) is 18.5. The van der Waals surface area contributed by atoms with E-state index in [1.165, 1.54) is 16.7 Å². The van der Waals surface area contributed by atoms with Gasteiger partial charge in [-0.15, -0.1) is 0 Å². The van der Waals surface area contributed by atoms with Crippen molar-refractivity contribution in [3.8, 4) is 5.75 Å². The molecule has 1 saturated heterocycles. The van der Waals surface area contributed by atoms with Crippen LogP contribution in [0.1, 0.15) is 62.0 Å². The number of aromatic nitrogens is 1. The molecule has 1 amide bonds. The van der Waals surface area contributed by atoms with Gasteiger partial charge in [-0.05, 0) is 74.0 Å². The Labute approximate surface area is 187 Å². The summed E-state index contributed by atoms with van der Waals surface area (Å²) in [5, 5.41) is 3.32. The van der Waals surface area contributed by atoms with Gasteiger partial charge >= 0.3 is 0 Å². The number of carbonyl (C=O) groups is 1. The fraction of sp³-hybridized carbons (Fsp3) is 0.538. The second-order valence-corrected chi connectivity index (χ2v) is 9.77. The largest absolute Gasteiger partial charge is 0.496 e. The molecule has 2 heterocycles. The summed E-state index contributed by atoms with van der Waals surface area (Å²) in [6.45, 7) is 13.1. The molecule has 0 aliphatic carbocycles. The van der Waals surface area contributed by atoms with E-state index in [1.807, 2.05) is 45.2 Å². The quantitative estimate of drug-likeness (QED) is 0.724. The first-order chi connectivity index (χ1) is 14.7. The number of ether oxygens (including phenoxy) is 1. The van der Waals surface area contributed by atoms with Crippen molar-refractivity contribution in [1.82, 2.24) is 15.2 Å². The molecule has 1 fully saturated rings. The Hall–Kier alpha value is -2.40. The molecule has 5 heteroatoms. The summed E-state index contributed by atoms with van der Waals surface area (Å²) in [7, 11) is 1.72.